The fourth-order valence-electron chi connectivity index (χ4n) is 2.40. The number of methoxy groups -OCH3 is 1. The van der Waals surface area contributed by atoms with Crippen LogP contribution in [-0.2, 0) is 0 Å². The van der Waals surface area contributed by atoms with Crippen LogP contribution in [0.15, 0.2) is 24.3 Å². The molecular weight excluding hydrogens is 307 g/mol. The molecule has 1 saturated carbocycles. The maximum Gasteiger partial charge on any atom is 0.321 e. The molecule has 0 atom stereocenters. The van der Waals surface area contributed by atoms with E-state index in [2.05, 4.69) is 20.8 Å². The summed E-state index contributed by atoms with van der Waals surface area (Å²) in [6, 6.07) is 6.33. The Kier molecular flexibility index (Phi) is 4.19. The summed E-state index contributed by atoms with van der Waals surface area (Å²) >= 11 is 1.16. The zero-order valence-corrected chi connectivity index (χ0v) is 12.7. The van der Waals surface area contributed by atoms with Crippen LogP contribution in [0.4, 0.5) is 14.3 Å². The second kappa shape index (κ2) is 6.27. The average Bonchev–Trinajstić information content (AvgIpc) is 2.91. The van der Waals surface area contributed by atoms with Crippen molar-refractivity contribution in [2.24, 2.45) is 0 Å². The van der Waals surface area contributed by atoms with E-state index in [-0.39, 0.29) is 17.9 Å². The number of nitrogens with one attached hydrogen (secondary N) is 2. The number of carbonyl (C=O) groups excluding carboxylic acids is 1. The molecule has 0 saturated heterocycles. The Balaban J connectivity index is 1.45. The summed E-state index contributed by atoms with van der Waals surface area (Å²) in [4.78, 5) is 11.8. The average molecular weight is 322 g/mol. The quantitative estimate of drug-likeness (QED) is 0.907. The number of anilines is 1. The van der Waals surface area contributed by atoms with Crippen LogP contribution < -0.4 is 15.4 Å². The SMILES string of the molecule is COc1nnc(NC(=O)NC2CC(c3ccc(F)cc3)C2)s1. The van der Waals surface area contributed by atoms with Gasteiger partial charge >= 0.3 is 6.03 Å². The van der Waals surface area contributed by atoms with Gasteiger partial charge in [-0.2, -0.15) is 0 Å². The second-order valence-corrected chi connectivity index (χ2v) is 6.03. The summed E-state index contributed by atoms with van der Waals surface area (Å²) in [6.45, 7) is 0. The molecule has 3 rings (SSSR count). The monoisotopic (exact) mass is 322 g/mol. The third kappa shape index (κ3) is 3.33. The summed E-state index contributed by atoms with van der Waals surface area (Å²) in [5.74, 6) is 0.136. The van der Waals surface area contributed by atoms with Gasteiger partial charge in [0.05, 0.1) is 7.11 Å². The third-order valence-electron chi connectivity index (χ3n) is 3.62. The van der Waals surface area contributed by atoms with Gasteiger partial charge < -0.3 is 10.1 Å². The van der Waals surface area contributed by atoms with Crippen molar-refractivity contribution >= 4 is 22.5 Å². The Morgan fingerprint density at radius 2 is 2.05 bits per heavy atom. The number of hydrogen-bond acceptors (Lipinski definition) is 5. The van der Waals surface area contributed by atoms with Crippen molar-refractivity contribution in [3.05, 3.63) is 35.6 Å². The Labute approximate surface area is 130 Å². The minimum Gasteiger partial charge on any atom is -0.472 e. The number of amides is 2. The first kappa shape index (κ1) is 14.7. The molecular formula is C14H15FN4O2S. The molecule has 2 amide bonds. The van der Waals surface area contributed by atoms with Gasteiger partial charge in [-0.15, -0.1) is 5.10 Å². The highest BCUT2D eigenvalue weighted by atomic mass is 32.1. The number of hydrogen-bond donors (Lipinski definition) is 2. The lowest BCUT2D eigenvalue weighted by atomic mass is 9.76. The van der Waals surface area contributed by atoms with E-state index >= 15 is 0 Å². The molecule has 2 N–H and O–H groups in total. The molecule has 0 spiro atoms. The molecule has 1 aromatic carbocycles. The van der Waals surface area contributed by atoms with Crippen LogP contribution in [0.2, 0.25) is 0 Å². The van der Waals surface area contributed by atoms with Crippen LogP contribution >= 0.6 is 11.3 Å². The van der Waals surface area contributed by atoms with Crippen molar-refractivity contribution < 1.29 is 13.9 Å². The number of ether oxygens (including phenoxy) is 1. The lowest BCUT2D eigenvalue weighted by Crippen LogP contribution is -2.45. The molecule has 8 heteroatoms. The van der Waals surface area contributed by atoms with Crippen molar-refractivity contribution in [3.63, 3.8) is 0 Å². The van der Waals surface area contributed by atoms with Crippen LogP contribution in [0.3, 0.4) is 0 Å². The summed E-state index contributed by atoms with van der Waals surface area (Å²) in [7, 11) is 1.49. The van der Waals surface area contributed by atoms with Gasteiger partial charge in [0, 0.05) is 6.04 Å². The molecule has 1 aliphatic carbocycles. The number of aromatic nitrogens is 2. The molecule has 2 aromatic rings. The van der Waals surface area contributed by atoms with Crippen LogP contribution in [0.5, 0.6) is 5.19 Å². The smallest absolute Gasteiger partial charge is 0.321 e. The van der Waals surface area contributed by atoms with Crippen molar-refractivity contribution in [2.75, 3.05) is 12.4 Å². The second-order valence-electron chi connectivity index (χ2n) is 5.09. The van der Waals surface area contributed by atoms with Gasteiger partial charge in [-0.1, -0.05) is 17.2 Å². The van der Waals surface area contributed by atoms with Gasteiger partial charge in [-0.3, -0.25) is 5.32 Å². The number of carbonyl (C=O) groups is 1. The third-order valence-corrected chi connectivity index (χ3v) is 4.42. The number of rotatable bonds is 4. The van der Waals surface area contributed by atoms with E-state index < -0.39 is 0 Å². The van der Waals surface area contributed by atoms with E-state index in [9.17, 15) is 9.18 Å². The molecule has 116 valence electrons. The van der Waals surface area contributed by atoms with Crippen molar-refractivity contribution in [1.82, 2.24) is 15.5 Å². The highest BCUT2D eigenvalue weighted by Crippen LogP contribution is 2.36. The number of nitrogens with zero attached hydrogens (tertiary/aromatic N) is 2. The van der Waals surface area contributed by atoms with Crippen LogP contribution in [0.25, 0.3) is 0 Å². The molecule has 1 aliphatic rings. The number of halogens is 1. The first-order chi connectivity index (χ1) is 10.6. The van der Waals surface area contributed by atoms with Gasteiger partial charge in [-0.25, -0.2) is 9.18 Å². The molecule has 1 heterocycles. The van der Waals surface area contributed by atoms with E-state index in [1.165, 1.54) is 19.2 Å². The van der Waals surface area contributed by atoms with E-state index in [0.717, 1.165) is 29.7 Å². The molecule has 1 aromatic heterocycles. The molecule has 0 aliphatic heterocycles. The van der Waals surface area contributed by atoms with Crippen molar-refractivity contribution in [3.8, 4) is 5.19 Å². The van der Waals surface area contributed by atoms with E-state index in [1.807, 2.05) is 0 Å². The van der Waals surface area contributed by atoms with Crippen LogP contribution in [-0.4, -0.2) is 29.4 Å². The zero-order chi connectivity index (χ0) is 15.5. The first-order valence-electron chi connectivity index (χ1n) is 6.84. The topological polar surface area (TPSA) is 76.1 Å². The lowest BCUT2D eigenvalue weighted by molar-refractivity contribution is 0.233. The Morgan fingerprint density at radius 1 is 1.32 bits per heavy atom. The van der Waals surface area contributed by atoms with E-state index in [0.29, 0.717) is 16.2 Å². The van der Waals surface area contributed by atoms with Crippen LogP contribution in [0, 0.1) is 5.82 Å². The lowest BCUT2D eigenvalue weighted by Gasteiger charge is -2.36. The Morgan fingerprint density at radius 3 is 2.68 bits per heavy atom. The molecule has 0 bridgehead atoms. The first-order valence-corrected chi connectivity index (χ1v) is 7.66. The fourth-order valence-corrected chi connectivity index (χ4v) is 2.96. The van der Waals surface area contributed by atoms with Crippen molar-refractivity contribution in [1.29, 1.82) is 0 Å². The number of urea groups is 1. The van der Waals surface area contributed by atoms with Gasteiger partial charge in [0.2, 0.25) is 5.13 Å². The minimum atomic E-state index is -0.304. The van der Waals surface area contributed by atoms with Gasteiger partial charge in [0.1, 0.15) is 5.82 Å². The summed E-state index contributed by atoms with van der Waals surface area (Å²) < 4.78 is 17.8. The molecule has 0 unspecified atom stereocenters. The minimum absolute atomic E-state index is 0.116. The molecule has 0 radical (unpaired) electrons. The number of benzene rings is 1. The van der Waals surface area contributed by atoms with E-state index in [1.54, 1.807) is 12.1 Å². The largest absolute Gasteiger partial charge is 0.472 e. The predicted molar refractivity (Wildman–Crippen MR) is 80.8 cm³/mol. The van der Waals surface area contributed by atoms with Gasteiger partial charge in [0.25, 0.3) is 5.19 Å². The summed E-state index contributed by atoms with van der Waals surface area (Å²) in [6.07, 6.45) is 1.69. The normalized spacial score (nSPS) is 20.1. The maximum atomic E-state index is 12.9. The zero-order valence-electron chi connectivity index (χ0n) is 11.9. The Bertz CT molecular complexity index is 655. The van der Waals surface area contributed by atoms with Gasteiger partial charge in [-0.05, 0) is 47.8 Å². The molecule has 22 heavy (non-hydrogen) atoms. The Hall–Kier alpha value is -2.22. The van der Waals surface area contributed by atoms with Crippen molar-refractivity contribution in [2.45, 2.75) is 24.8 Å². The summed E-state index contributed by atoms with van der Waals surface area (Å²) in [5.41, 5.74) is 1.11. The molecule has 1 fully saturated rings. The van der Waals surface area contributed by atoms with Crippen LogP contribution in [0.1, 0.15) is 24.3 Å². The van der Waals surface area contributed by atoms with Gasteiger partial charge in [0.15, 0.2) is 0 Å². The standard InChI is InChI=1S/C14H15FN4O2S/c1-21-14-19-18-13(22-14)17-12(20)16-11-6-9(7-11)8-2-4-10(15)5-3-8/h2-5,9,11H,6-7H2,1H3,(H2,16,17,18,20). The summed E-state index contributed by atoms with van der Waals surface area (Å²) in [5, 5.41) is 13.8. The highest BCUT2D eigenvalue weighted by molar-refractivity contribution is 7.17. The molecule has 6 nitrogen and oxygen atoms in total. The maximum absolute atomic E-state index is 12.9. The fraction of sp³-hybridized carbons (Fsp3) is 0.357. The predicted octanol–water partition coefficient (Wildman–Crippen LogP) is 2.75. The highest BCUT2D eigenvalue weighted by Gasteiger charge is 2.31. The van der Waals surface area contributed by atoms with E-state index in [4.69, 9.17) is 4.74 Å².